The predicted octanol–water partition coefficient (Wildman–Crippen LogP) is 1.08. The van der Waals surface area contributed by atoms with Crippen LogP contribution in [-0.2, 0) is 0 Å². The monoisotopic (exact) mass is 213 g/mol. The molecule has 15 heavy (non-hydrogen) atoms. The van der Waals surface area contributed by atoms with Crippen molar-refractivity contribution < 1.29 is 4.79 Å². The van der Waals surface area contributed by atoms with E-state index in [9.17, 15) is 4.79 Å². The number of carbonyl (C=O) groups excluding carboxylic acids is 1. The summed E-state index contributed by atoms with van der Waals surface area (Å²) in [4.78, 5) is 17.8. The summed E-state index contributed by atoms with van der Waals surface area (Å²) in [6.45, 7) is 9.16. The summed E-state index contributed by atoms with van der Waals surface area (Å²) in [7, 11) is 3.74. The molecule has 0 aromatic heterocycles. The summed E-state index contributed by atoms with van der Waals surface area (Å²) in [6.07, 6.45) is 0. The van der Waals surface area contributed by atoms with Crippen LogP contribution >= 0.6 is 0 Å². The van der Waals surface area contributed by atoms with Gasteiger partial charge in [-0.1, -0.05) is 0 Å². The van der Waals surface area contributed by atoms with Crippen LogP contribution in [0.3, 0.4) is 0 Å². The highest BCUT2D eigenvalue weighted by atomic mass is 16.2. The third-order valence-electron chi connectivity index (χ3n) is 3.27. The molecule has 0 aliphatic carbocycles. The lowest BCUT2D eigenvalue weighted by atomic mass is 10.1. The van der Waals surface area contributed by atoms with E-state index < -0.39 is 0 Å². The van der Waals surface area contributed by atoms with Gasteiger partial charge in [0, 0.05) is 39.8 Å². The van der Waals surface area contributed by atoms with Gasteiger partial charge in [-0.25, -0.2) is 4.79 Å². The first kappa shape index (κ1) is 12.3. The van der Waals surface area contributed by atoms with Gasteiger partial charge in [0.2, 0.25) is 0 Å². The third kappa shape index (κ3) is 2.62. The van der Waals surface area contributed by atoms with Gasteiger partial charge in [0.1, 0.15) is 0 Å². The van der Waals surface area contributed by atoms with E-state index in [2.05, 4.69) is 18.7 Å². The number of carbonyl (C=O) groups is 1. The molecule has 4 nitrogen and oxygen atoms in total. The molecular formula is C11H23N3O. The number of amides is 2. The Morgan fingerprint density at radius 1 is 1.40 bits per heavy atom. The number of urea groups is 1. The molecule has 1 saturated heterocycles. The van der Waals surface area contributed by atoms with E-state index >= 15 is 0 Å². The fraction of sp³-hybridized carbons (Fsp3) is 0.909. The molecule has 0 bridgehead atoms. The Bertz CT molecular complexity index is 224. The summed E-state index contributed by atoms with van der Waals surface area (Å²) < 4.78 is 0. The molecule has 1 aliphatic rings. The normalized spacial score (nSPS) is 17.7. The molecule has 0 aromatic rings. The van der Waals surface area contributed by atoms with Crippen LogP contribution in [0.5, 0.6) is 0 Å². The van der Waals surface area contributed by atoms with Crippen LogP contribution in [0.1, 0.15) is 20.8 Å². The van der Waals surface area contributed by atoms with E-state index in [1.165, 1.54) is 0 Å². The lowest BCUT2D eigenvalue weighted by Gasteiger charge is -2.46. The molecule has 0 N–H and O–H groups in total. The van der Waals surface area contributed by atoms with E-state index in [0.29, 0.717) is 12.1 Å². The van der Waals surface area contributed by atoms with Crippen LogP contribution in [0.25, 0.3) is 0 Å². The van der Waals surface area contributed by atoms with E-state index in [-0.39, 0.29) is 6.03 Å². The minimum atomic E-state index is 0.130. The van der Waals surface area contributed by atoms with Gasteiger partial charge in [-0.2, -0.15) is 0 Å². The molecular weight excluding hydrogens is 190 g/mol. The van der Waals surface area contributed by atoms with Gasteiger partial charge < -0.3 is 9.80 Å². The number of rotatable bonds is 3. The van der Waals surface area contributed by atoms with Crippen molar-refractivity contribution in [2.45, 2.75) is 32.9 Å². The molecule has 1 heterocycles. The predicted molar refractivity (Wildman–Crippen MR) is 62.0 cm³/mol. The van der Waals surface area contributed by atoms with E-state index in [4.69, 9.17) is 0 Å². The molecule has 0 spiro atoms. The standard InChI is InChI=1S/C11H23N3O/c1-6-12(4)11(15)13(5)10-7-14(8-10)9(2)3/h9-10H,6-8H2,1-5H3. The summed E-state index contributed by atoms with van der Waals surface area (Å²) in [5, 5.41) is 0. The molecule has 0 atom stereocenters. The molecule has 88 valence electrons. The lowest BCUT2D eigenvalue weighted by Crippen LogP contribution is -2.62. The molecule has 1 rings (SSSR count). The smallest absolute Gasteiger partial charge is 0.319 e. The zero-order valence-corrected chi connectivity index (χ0v) is 10.5. The van der Waals surface area contributed by atoms with Crippen LogP contribution in [0.4, 0.5) is 4.79 Å². The maximum Gasteiger partial charge on any atom is 0.319 e. The Labute approximate surface area is 92.8 Å². The molecule has 0 unspecified atom stereocenters. The largest absolute Gasteiger partial charge is 0.328 e. The van der Waals surface area contributed by atoms with Crippen molar-refractivity contribution in [3.8, 4) is 0 Å². The second-order valence-electron chi connectivity index (χ2n) is 4.61. The topological polar surface area (TPSA) is 26.8 Å². The van der Waals surface area contributed by atoms with Gasteiger partial charge >= 0.3 is 6.03 Å². The van der Waals surface area contributed by atoms with Gasteiger partial charge in [0.15, 0.2) is 0 Å². The quantitative estimate of drug-likeness (QED) is 0.701. The van der Waals surface area contributed by atoms with Crippen LogP contribution in [-0.4, -0.2) is 66.5 Å². The highest BCUT2D eigenvalue weighted by molar-refractivity contribution is 5.74. The number of nitrogens with zero attached hydrogens (tertiary/aromatic N) is 3. The van der Waals surface area contributed by atoms with Crippen molar-refractivity contribution in [1.29, 1.82) is 0 Å². The molecule has 4 heteroatoms. The minimum absolute atomic E-state index is 0.130. The van der Waals surface area contributed by atoms with Crippen molar-refractivity contribution in [3.63, 3.8) is 0 Å². The van der Waals surface area contributed by atoms with Crippen LogP contribution in [0.15, 0.2) is 0 Å². The van der Waals surface area contributed by atoms with Crippen LogP contribution in [0.2, 0.25) is 0 Å². The molecule has 1 aliphatic heterocycles. The highest BCUT2D eigenvalue weighted by Crippen LogP contribution is 2.17. The SMILES string of the molecule is CCN(C)C(=O)N(C)C1CN(C(C)C)C1. The zero-order valence-electron chi connectivity index (χ0n) is 10.5. The minimum Gasteiger partial charge on any atom is -0.328 e. The first-order valence-electron chi connectivity index (χ1n) is 5.69. The van der Waals surface area contributed by atoms with Gasteiger partial charge in [0.05, 0.1) is 6.04 Å². The first-order valence-corrected chi connectivity index (χ1v) is 5.69. The third-order valence-corrected chi connectivity index (χ3v) is 3.27. The molecule has 0 aromatic carbocycles. The summed E-state index contributed by atoms with van der Waals surface area (Å²) >= 11 is 0. The number of hydrogen-bond donors (Lipinski definition) is 0. The van der Waals surface area contributed by atoms with Gasteiger partial charge in [0.25, 0.3) is 0 Å². The maximum absolute atomic E-state index is 11.8. The van der Waals surface area contributed by atoms with Crippen molar-refractivity contribution in [1.82, 2.24) is 14.7 Å². The number of likely N-dealkylation sites (tertiary alicyclic amines) is 1. The summed E-state index contributed by atoms with van der Waals surface area (Å²) in [6, 6.07) is 1.12. The van der Waals surface area contributed by atoms with Crippen molar-refractivity contribution in [2.24, 2.45) is 0 Å². The Balaban J connectivity index is 2.37. The van der Waals surface area contributed by atoms with Gasteiger partial charge in [-0.15, -0.1) is 0 Å². The number of likely N-dealkylation sites (N-methyl/N-ethyl adjacent to an activating group) is 1. The molecule has 0 saturated carbocycles. The fourth-order valence-corrected chi connectivity index (χ4v) is 1.72. The highest BCUT2D eigenvalue weighted by Gasteiger charge is 2.34. The van der Waals surface area contributed by atoms with E-state index in [0.717, 1.165) is 19.6 Å². The van der Waals surface area contributed by atoms with E-state index in [1.54, 1.807) is 4.90 Å². The van der Waals surface area contributed by atoms with Crippen molar-refractivity contribution >= 4 is 6.03 Å². The average Bonchev–Trinajstić information content (AvgIpc) is 2.12. The maximum atomic E-state index is 11.8. The fourth-order valence-electron chi connectivity index (χ4n) is 1.72. The second kappa shape index (κ2) is 4.84. The van der Waals surface area contributed by atoms with Gasteiger partial charge in [-0.3, -0.25) is 4.90 Å². The molecule has 2 amide bonds. The Hall–Kier alpha value is -0.770. The van der Waals surface area contributed by atoms with Crippen LogP contribution < -0.4 is 0 Å². The molecule has 1 fully saturated rings. The first-order chi connectivity index (χ1) is 6.97. The summed E-state index contributed by atoms with van der Waals surface area (Å²) in [5.74, 6) is 0. The number of hydrogen-bond acceptors (Lipinski definition) is 2. The lowest BCUT2D eigenvalue weighted by molar-refractivity contribution is 0.0359. The van der Waals surface area contributed by atoms with Crippen molar-refractivity contribution in [3.05, 3.63) is 0 Å². The van der Waals surface area contributed by atoms with Crippen molar-refractivity contribution in [2.75, 3.05) is 33.7 Å². The van der Waals surface area contributed by atoms with E-state index in [1.807, 2.05) is 25.9 Å². The zero-order chi connectivity index (χ0) is 11.6. The Kier molecular flexibility index (Phi) is 3.97. The Morgan fingerprint density at radius 3 is 2.33 bits per heavy atom. The average molecular weight is 213 g/mol. The second-order valence-corrected chi connectivity index (χ2v) is 4.61. The molecule has 0 radical (unpaired) electrons. The van der Waals surface area contributed by atoms with Gasteiger partial charge in [-0.05, 0) is 20.8 Å². The Morgan fingerprint density at radius 2 is 1.93 bits per heavy atom. The van der Waals surface area contributed by atoms with Crippen LogP contribution in [0, 0.1) is 0 Å². The summed E-state index contributed by atoms with van der Waals surface area (Å²) in [5.41, 5.74) is 0.